The first-order valence-corrected chi connectivity index (χ1v) is 11.0. The maximum absolute atomic E-state index is 14.2. The molecule has 166 valence electrons. The van der Waals surface area contributed by atoms with E-state index < -0.39 is 21.9 Å². The fourth-order valence-electron chi connectivity index (χ4n) is 3.32. The average molecular weight is 453 g/mol. The van der Waals surface area contributed by atoms with Gasteiger partial charge in [0, 0.05) is 17.7 Å². The number of rotatable bonds is 6. The lowest BCUT2D eigenvalue weighted by Crippen LogP contribution is -2.23. The van der Waals surface area contributed by atoms with Gasteiger partial charge in [-0.3, -0.25) is 4.68 Å². The maximum Gasteiger partial charge on any atom is 0.433 e. The summed E-state index contributed by atoms with van der Waals surface area (Å²) in [7, 11) is -0.387. The van der Waals surface area contributed by atoms with E-state index in [-0.39, 0.29) is 22.7 Å². The van der Waals surface area contributed by atoms with Crippen molar-refractivity contribution in [2.45, 2.75) is 24.5 Å². The summed E-state index contributed by atoms with van der Waals surface area (Å²) in [5.74, 6) is 0. The van der Waals surface area contributed by atoms with E-state index in [2.05, 4.69) is 5.10 Å². The van der Waals surface area contributed by atoms with Gasteiger partial charge in [-0.05, 0) is 44.3 Å². The first-order valence-electron chi connectivity index (χ1n) is 9.41. The van der Waals surface area contributed by atoms with E-state index >= 15 is 0 Å². The fraction of sp³-hybridized carbons (Fsp3) is 0.286. The van der Waals surface area contributed by atoms with Gasteiger partial charge < -0.3 is 4.90 Å². The Morgan fingerprint density at radius 3 is 2.19 bits per heavy atom. The zero-order chi connectivity index (χ0) is 23.0. The Labute approximate surface area is 179 Å². The van der Waals surface area contributed by atoms with Crippen LogP contribution in [-0.2, 0) is 22.7 Å². The first-order chi connectivity index (χ1) is 14.4. The van der Waals surface area contributed by atoms with E-state index in [0.29, 0.717) is 23.2 Å². The van der Waals surface area contributed by atoms with Crippen LogP contribution in [0.1, 0.15) is 11.3 Å². The van der Waals surface area contributed by atoms with Crippen molar-refractivity contribution in [1.82, 2.24) is 14.7 Å². The molecule has 0 saturated carbocycles. The molecule has 3 rings (SSSR count). The number of sulfonamides is 1. The second-order valence-electron chi connectivity index (χ2n) is 7.48. The molecule has 0 bridgehead atoms. The number of hydrogen-bond donors (Lipinski definition) is 1. The largest absolute Gasteiger partial charge is 0.433 e. The van der Waals surface area contributed by atoms with Gasteiger partial charge in [-0.15, -0.1) is 0 Å². The summed E-state index contributed by atoms with van der Waals surface area (Å²) in [4.78, 5) is 1.65. The highest BCUT2D eigenvalue weighted by Gasteiger charge is 2.40. The molecule has 1 aromatic heterocycles. The molecule has 0 aliphatic carbocycles. The number of primary sulfonamides is 1. The zero-order valence-corrected chi connectivity index (χ0v) is 18.1. The number of halogens is 3. The lowest BCUT2D eigenvalue weighted by atomic mass is 9.95. The van der Waals surface area contributed by atoms with E-state index in [9.17, 15) is 21.6 Å². The van der Waals surface area contributed by atoms with Crippen molar-refractivity contribution in [3.8, 4) is 22.4 Å². The minimum absolute atomic E-state index is 0.0345. The minimum Gasteiger partial charge on any atom is -0.308 e. The van der Waals surface area contributed by atoms with Crippen molar-refractivity contribution in [3.05, 3.63) is 59.8 Å². The molecule has 0 fully saturated rings. The minimum atomic E-state index is -4.64. The van der Waals surface area contributed by atoms with E-state index in [4.69, 9.17) is 5.14 Å². The van der Waals surface area contributed by atoms with Crippen molar-refractivity contribution in [3.63, 3.8) is 0 Å². The SMILES string of the molecule is Cc1ccccc1-c1c(-c2ccc(S(N)(=O)=O)cc2)nn(CCN(C)C)c1C(F)(F)F. The van der Waals surface area contributed by atoms with Crippen LogP contribution in [0.3, 0.4) is 0 Å². The lowest BCUT2D eigenvalue weighted by Gasteiger charge is -2.15. The Morgan fingerprint density at radius 1 is 1.06 bits per heavy atom. The molecule has 1 heterocycles. The van der Waals surface area contributed by atoms with Crippen molar-refractivity contribution < 1.29 is 21.6 Å². The molecule has 0 aliphatic heterocycles. The predicted molar refractivity (Wildman–Crippen MR) is 113 cm³/mol. The topological polar surface area (TPSA) is 81.2 Å². The number of nitrogens with zero attached hydrogens (tertiary/aromatic N) is 3. The summed E-state index contributed by atoms with van der Waals surface area (Å²) in [6.45, 7) is 2.14. The highest BCUT2D eigenvalue weighted by Crippen LogP contribution is 2.43. The van der Waals surface area contributed by atoms with Gasteiger partial charge in [-0.25, -0.2) is 13.6 Å². The Balaban J connectivity index is 2.30. The Morgan fingerprint density at radius 2 is 1.68 bits per heavy atom. The van der Waals surface area contributed by atoms with E-state index in [1.54, 1.807) is 50.2 Å². The van der Waals surface area contributed by atoms with E-state index in [1.807, 2.05) is 0 Å². The Bertz CT molecular complexity index is 1180. The van der Waals surface area contributed by atoms with Gasteiger partial charge in [0.25, 0.3) is 0 Å². The van der Waals surface area contributed by atoms with Crippen LogP contribution in [0.25, 0.3) is 22.4 Å². The van der Waals surface area contributed by atoms with Crippen LogP contribution in [0, 0.1) is 6.92 Å². The normalized spacial score (nSPS) is 12.5. The summed E-state index contributed by atoms with van der Waals surface area (Å²) in [5, 5.41) is 9.46. The monoisotopic (exact) mass is 452 g/mol. The molecule has 0 atom stereocenters. The van der Waals surface area contributed by atoms with Crippen LogP contribution >= 0.6 is 0 Å². The zero-order valence-electron chi connectivity index (χ0n) is 17.3. The number of hydrogen-bond acceptors (Lipinski definition) is 4. The highest BCUT2D eigenvalue weighted by molar-refractivity contribution is 7.89. The van der Waals surface area contributed by atoms with Gasteiger partial charge in [-0.2, -0.15) is 18.3 Å². The third-order valence-electron chi connectivity index (χ3n) is 4.85. The molecule has 0 aliphatic rings. The van der Waals surface area contributed by atoms with Crippen LogP contribution in [0.2, 0.25) is 0 Å². The summed E-state index contributed by atoms with van der Waals surface area (Å²) in [5.41, 5.74) is 0.696. The smallest absolute Gasteiger partial charge is 0.308 e. The van der Waals surface area contributed by atoms with Crippen LogP contribution in [0.4, 0.5) is 13.2 Å². The molecular weight excluding hydrogens is 429 g/mol. The van der Waals surface area contributed by atoms with Crippen molar-refractivity contribution in [2.75, 3.05) is 20.6 Å². The molecule has 0 spiro atoms. The molecule has 10 heteroatoms. The number of aryl methyl sites for hydroxylation is 1. The Kier molecular flexibility index (Phi) is 6.26. The number of likely N-dealkylation sites (N-methyl/N-ethyl adjacent to an activating group) is 1. The van der Waals surface area contributed by atoms with Gasteiger partial charge in [0.15, 0.2) is 5.69 Å². The average Bonchev–Trinajstić information content (AvgIpc) is 3.06. The molecular formula is C21H23F3N4O2S. The fourth-order valence-corrected chi connectivity index (χ4v) is 3.84. The molecule has 0 amide bonds. The predicted octanol–water partition coefficient (Wildman–Crippen LogP) is 3.75. The molecule has 3 aromatic rings. The van der Waals surface area contributed by atoms with Crippen LogP contribution < -0.4 is 5.14 Å². The summed E-state index contributed by atoms with van der Waals surface area (Å²) in [6, 6.07) is 12.1. The van der Waals surface area contributed by atoms with E-state index in [0.717, 1.165) is 4.68 Å². The summed E-state index contributed by atoms with van der Waals surface area (Å²) in [6.07, 6.45) is -4.64. The second kappa shape index (κ2) is 8.45. The maximum atomic E-state index is 14.2. The van der Waals surface area contributed by atoms with Crippen molar-refractivity contribution >= 4 is 10.0 Å². The molecule has 0 radical (unpaired) electrons. The number of nitrogens with two attached hydrogens (primary N) is 1. The molecule has 2 N–H and O–H groups in total. The molecule has 6 nitrogen and oxygen atoms in total. The number of aromatic nitrogens is 2. The van der Waals surface area contributed by atoms with Gasteiger partial charge in [0.1, 0.15) is 5.69 Å². The molecule has 0 unspecified atom stereocenters. The van der Waals surface area contributed by atoms with Crippen molar-refractivity contribution in [2.24, 2.45) is 5.14 Å². The van der Waals surface area contributed by atoms with E-state index in [1.165, 1.54) is 24.3 Å². The number of alkyl halides is 3. The van der Waals surface area contributed by atoms with Gasteiger partial charge >= 0.3 is 6.18 Å². The highest BCUT2D eigenvalue weighted by atomic mass is 32.2. The summed E-state index contributed by atoms with van der Waals surface area (Å²) >= 11 is 0. The van der Waals surface area contributed by atoms with Gasteiger partial charge in [-0.1, -0.05) is 36.4 Å². The second-order valence-corrected chi connectivity index (χ2v) is 9.04. The first kappa shape index (κ1) is 23.0. The van der Waals surface area contributed by atoms with Crippen LogP contribution in [0.5, 0.6) is 0 Å². The van der Waals surface area contributed by atoms with Gasteiger partial charge in [0.05, 0.1) is 11.4 Å². The third kappa shape index (κ3) is 4.97. The summed E-state index contributed by atoms with van der Waals surface area (Å²) < 4.78 is 66.8. The van der Waals surface area contributed by atoms with Crippen molar-refractivity contribution in [1.29, 1.82) is 0 Å². The molecule has 0 saturated heterocycles. The quantitative estimate of drug-likeness (QED) is 0.618. The standard InChI is InChI=1S/C21H23F3N4O2S/c1-14-6-4-5-7-17(14)18-19(15-8-10-16(11-9-15)31(25,29)30)26-28(13-12-27(2)3)20(18)21(22,23)24/h4-11H,12-13H2,1-3H3,(H2,25,29,30). The van der Waals surface area contributed by atoms with Crippen LogP contribution in [0.15, 0.2) is 53.4 Å². The van der Waals surface area contributed by atoms with Gasteiger partial charge in [0.2, 0.25) is 10.0 Å². The molecule has 2 aromatic carbocycles. The van der Waals surface area contributed by atoms with Crippen LogP contribution in [-0.4, -0.2) is 43.7 Å². The Hall–Kier alpha value is -2.69. The third-order valence-corrected chi connectivity index (χ3v) is 5.78. The number of benzene rings is 2. The molecule has 31 heavy (non-hydrogen) atoms. The lowest BCUT2D eigenvalue weighted by molar-refractivity contribution is -0.143.